The van der Waals surface area contributed by atoms with Gasteiger partial charge in [-0.2, -0.15) is 87.7 Å². The van der Waals surface area contributed by atoms with E-state index < -0.39 is 111 Å². The number of hydrogen-bond donors (Lipinski definition) is 0. The van der Waals surface area contributed by atoms with Gasteiger partial charge in [-0.25, -0.2) is 33.7 Å². The minimum atomic E-state index is -7.43. The number of methoxy groups -OCH3 is 2. The maximum absolute atomic E-state index is 14.0. The summed E-state index contributed by atoms with van der Waals surface area (Å²) in [5, 5.41) is -24.8. The molecule has 2 fully saturated rings. The van der Waals surface area contributed by atoms with Gasteiger partial charge in [-0.3, -0.25) is 4.90 Å². The first kappa shape index (κ1) is 126. The van der Waals surface area contributed by atoms with Crippen molar-refractivity contribution in [2.45, 2.75) is 186 Å². The molecule has 0 amide bonds. The van der Waals surface area contributed by atoms with Crippen molar-refractivity contribution in [3.05, 3.63) is 307 Å². The SMILES string of the molecule is CCC(COC)N(CCOC)Cc1ccccc1[S+](c1ccccc1)c1ccccc1.CN(C)CCCOc1ccc([S+](c2ccccc2)c2ccccc2)cc1.Cc1cc([S+](c2ccccc2)c2ccccc2)cc(C)c1OCCCN(C)C.O=S(=O)([O-])C(F)(F)C(F)(F)C(F)(F)C(F)(F)F.O=S(=O)([O-])C(F)(F)C(F)(F)C(F)(F)S(=O)(=O)N1CCC2CCCCC2C1.O=S(=O)([O-])C(F)(F)C(F)(F)OCc1ccc2ccccc2c1. The molecule has 0 spiro atoms. The average Bonchev–Trinajstić information content (AvgIpc) is 0.715. The van der Waals surface area contributed by atoms with Crippen molar-refractivity contribution in [2.24, 2.45) is 11.8 Å². The Morgan fingerprint density at radius 1 is 0.400 bits per heavy atom. The fourth-order valence-corrected chi connectivity index (χ4v) is 25.0. The Hall–Kier alpha value is -9.60. The fraction of sp³-hybridized carbons (Fsp3) is 0.385. The molecule has 46 heteroatoms. The number of benzene rings is 11. The highest BCUT2D eigenvalue weighted by Crippen LogP contribution is 2.56. The summed E-state index contributed by atoms with van der Waals surface area (Å²) in [7, 11) is -16.0. The van der Waals surface area contributed by atoms with Crippen LogP contribution in [0, 0.1) is 25.7 Å². The van der Waals surface area contributed by atoms with Gasteiger partial charge in [0.2, 0.25) is 0 Å². The van der Waals surface area contributed by atoms with Gasteiger partial charge in [-0.15, -0.1) is 0 Å². The molecule has 13 rings (SSSR count). The highest BCUT2D eigenvalue weighted by molar-refractivity contribution is 7.97. The van der Waals surface area contributed by atoms with E-state index >= 15 is 0 Å². The minimum absolute atomic E-state index is 0.0130. The third-order valence-electron chi connectivity index (χ3n) is 23.4. The van der Waals surface area contributed by atoms with Gasteiger partial charge >= 0.3 is 51.1 Å². The summed E-state index contributed by atoms with van der Waals surface area (Å²) in [6.07, 6.45) is -6.64. The summed E-state index contributed by atoms with van der Waals surface area (Å²) in [6.45, 7) is 11.2. The Bertz CT molecular complexity index is 6370. The zero-order valence-electron chi connectivity index (χ0n) is 82.7. The first-order valence-corrected chi connectivity index (χ1v) is 55.7. The molecule has 0 bridgehead atoms. The first-order valence-electron chi connectivity index (χ1n) is 46.4. The van der Waals surface area contributed by atoms with E-state index in [-0.39, 0.29) is 60.8 Å². The lowest BCUT2D eigenvalue weighted by molar-refractivity contribution is -0.382. The van der Waals surface area contributed by atoms with E-state index in [2.05, 4.69) is 311 Å². The number of aryl methyl sites for hydroxylation is 2. The Balaban J connectivity index is 0.000000221. The molecular formula is C104H115F19N4O16S7. The van der Waals surface area contributed by atoms with Crippen molar-refractivity contribution < 1.29 is 154 Å². The van der Waals surface area contributed by atoms with Crippen LogP contribution in [-0.2, 0) is 100 Å². The van der Waals surface area contributed by atoms with Crippen molar-refractivity contribution >= 4 is 83.8 Å². The van der Waals surface area contributed by atoms with Crippen LogP contribution in [0.1, 0.15) is 80.5 Å². The molecule has 20 nitrogen and oxygen atoms in total. The average molecular weight is 2260 g/mol. The summed E-state index contributed by atoms with van der Waals surface area (Å²) in [6, 6.07) is 98.4. The van der Waals surface area contributed by atoms with E-state index in [1.54, 1.807) is 44.6 Å². The molecule has 1 saturated heterocycles. The third-order valence-corrected chi connectivity index (χ3v) is 34.7. The molecule has 822 valence electrons. The number of fused-ring (bicyclic) bond motifs is 2. The lowest BCUT2D eigenvalue weighted by atomic mass is 9.76. The van der Waals surface area contributed by atoms with E-state index in [9.17, 15) is 131 Å². The summed E-state index contributed by atoms with van der Waals surface area (Å²) in [5.41, 5.74) is 3.91. The van der Waals surface area contributed by atoms with Gasteiger partial charge in [0.15, 0.2) is 74.4 Å². The predicted octanol–water partition coefficient (Wildman–Crippen LogP) is 23.7. The molecule has 0 radical (unpaired) electrons. The summed E-state index contributed by atoms with van der Waals surface area (Å²) >= 11 is 0. The van der Waals surface area contributed by atoms with Crippen LogP contribution < -0.4 is 9.47 Å². The van der Waals surface area contributed by atoms with Gasteiger partial charge in [-0.05, 0) is 223 Å². The summed E-state index contributed by atoms with van der Waals surface area (Å²) in [5.74, 6) is -20.1. The molecule has 2 aliphatic rings. The van der Waals surface area contributed by atoms with Gasteiger partial charge < -0.3 is 47.1 Å². The number of ether oxygens (including phenoxy) is 5. The molecule has 150 heavy (non-hydrogen) atoms. The Kier molecular flexibility index (Phi) is 46.0. The molecule has 1 aliphatic carbocycles. The van der Waals surface area contributed by atoms with Crippen molar-refractivity contribution in [3.8, 4) is 11.5 Å². The monoisotopic (exact) mass is 2260 g/mol. The second kappa shape index (κ2) is 55.0. The molecule has 3 atom stereocenters. The molecule has 1 heterocycles. The van der Waals surface area contributed by atoms with Crippen LogP contribution in [0.4, 0.5) is 83.4 Å². The van der Waals surface area contributed by atoms with Gasteiger partial charge in [0.05, 0.1) is 65.7 Å². The highest BCUT2D eigenvalue weighted by Gasteiger charge is 2.84. The lowest BCUT2D eigenvalue weighted by Gasteiger charge is -2.42. The van der Waals surface area contributed by atoms with E-state index in [0.29, 0.717) is 30.9 Å². The molecule has 11 aromatic rings. The van der Waals surface area contributed by atoms with E-state index in [4.69, 9.17) is 18.9 Å². The number of hydrogen-bond acceptors (Lipinski definition) is 19. The third kappa shape index (κ3) is 32.3. The fourth-order valence-electron chi connectivity index (χ4n) is 15.6. The molecule has 11 aromatic carbocycles. The maximum Gasteiger partial charge on any atom is 0.460 e. The quantitative estimate of drug-likeness (QED) is 0.0149. The Morgan fingerprint density at radius 2 is 0.793 bits per heavy atom. The van der Waals surface area contributed by atoms with Crippen molar-refractivity contribution in [1.82, 2.24) is 19.0 Å². The smallest absolute Gasteiger partial charge is 0.460 e. The predicted molar refractivity (Wildman–Crippen MR) is 534 cm³/mol. The zero-order valence-corrected chi connectivity index (χ0v) is 88.4. The van der Waals surface area contributed by atoms with E-state index in [1.807, 2.05) is 0 Å². The van der Waals surface area contributed by atoms with Crippen molar-refractivity contribution in [1.29, 1.82) is 0 Å². The largest absolute Gasteiger partial charge is 0.743 e. The summed E-state index contributed by atoms with van der Waals surface area (Å²) < 4.78 is 381. The van der Waals surface area contributed by atoms with Crippen molar-refractivity contribution in [2.75, 3.05) is 102 Å². The number of rotatable bonds is 41. The van der Waals surface area contributed by atoms with E-state index in [0.717, 1.165) is 95.0 Å². The Labute approximate surface area is 870 Å². The van der Waals surface area contributed by atoms with Crippen LogP contribution in [0.25, 0.3) is 10.8 Å². The van der Waals surface area contributed by atoms with E-state index in [1.165, 1.54) is 72.9 Å². The standard InChI is InChI=1S/C27H34NO2S.C25H30NOS.C23H26NOS.C13H10F4O4S.C12H17F6NO5S2.C4HF9O3S/c1-4-24(22-30-3)28(19-20-29-2)21-23-13-11-12-18-27(23)31(25-14-7-5-8-15-25)26-16-9-6-10-17-26;1-20-18-24(19-21(2)25(20)27-17-11-16-26(3)4)28(22-12-7-5-8-13-22)23-14-9-6-10-15-23;1-24(2)18-9-19-25-20-14-16-23(17-15-20)26(21-10-5-3-6-11-21)22-12-7-4-8-13-22;14-12(15,13(16,17)22(18,19)20)21-8-9-5-6-10-3-1-2-4-11(10)7-9;13-10(14,12(17,18)26(22,23)24)11(15,16)25(20,21)19-6-5-8-3-1-2-4-9(8)7-19;5-1(6,3(9,10)11)2(7,8)4(12,13)17(14,15)16/h5-18,24H,4,19-22H2,1-3H3;5-10,12-15,18-19H,11,16-17H2,1-4H3;3-8,10-17H,9,18-19H2,1-2H3;1-7H,8H2,(H,18,19,20);8-9H,1-7H2,(H,22,23,24);(H,14,15,16)/q3*+1;;;/p-3. The molecule has 3 unspecified atom stereocenters. The number of alkyl halides is 19. The number of halogens is 19. The molecular weight excluding hydrogens is 2150 g/mol. The minimum Gasteiger partial charge on any atom is -0.743 e. The second-order valence-electron chi connectivity index (χ2n) is 34.8. The van der Waals surface area contributed by atoms with Gasteiger partial charge in [0, 0.05) is 77.2 Å². The van der Waals surface area contributed by atoms with Gasteiger partial charge in [0.1, 0.15) is 11.5 Å². The molecule has 0 N–H and O–H groups in total. The van der Waals surface area contributed by atoms with Crippen LogP contribution >= 0.6 is 0 Å². The zero-order chi connectivity index (χ0) is 111. The highest BCUT2D eigenvalue weighted by atomic mass is 32.2. The van der Waals surface area contributed by atoms with Crippen LogP contribution in [-0.4, -0.2) is 225 Å². The van der Waals surface area contributed by atoms with Crippen LogP contribution in [0.15, 0.2) is 329 Å². The van der Waals surface area contributed by atoms with Crippen LogP contribution in [0.2, 0.25) is 0 Å². The molecule has 1 aliphatic heterocycles. The van der Waals surface area contributed by atoms with Gasteiger partial charge in [-0.1, -0.05) is 190 Å². The maximum atomic E-state index is 14.0. The topological polar surface area (TPSA) is 265 Å². The van der Waals surface area contributed by atoms with Crippen molar-refractivity contribution in [3.63, 3.8) is 0 Å². The number of nitrogens with zero attached hydrogens (tertiary/aromatic N) is 4. The Morgan fingerprint density at radius 3 is 1.21 bits per heavy atom. The molecule has 1 saturated carbocycles. The van der Waals surface area contributed by atoms with Crippen LogP contribution in [0.5, 0.6) is 11.5 Å². The lowest BCUT2D eigenvalue weighted by Crippen LogP contribution is -2.64. The first-order chi connectivity index (χ1) is 70.2. The number of sulfonamides is 1. The molecule has 0 aromatic heterocycles. The van der Waals surface area contributed by atoms with Gasteiger partial charge in [0.25, 0.3) is 10.0 Å². The summed E-state index contributed by atoms with van der Waals surface area (Å²) in [4.78, 5) is 18.9. The second-order valence-corrected chi connectivity index (χ2v) is 47.1. The normalized spacial score (nSPS) is 15.1. The van der Waals surface area contributed by atoms with Crippen LogP contribution in [0.3, 0.4) is 0 Å². The number of piperidine rings is 1.